The molecule has 0 radical (unpaired) electrons. The van der Waals surface area contributed by atoms with Crippen LogP contribution in [-0.2, 0) is 4.79 Å². The van der Waals surface area contributed by atoms with Crippen molar-refractivity contribution in [3.63, 3.8) is 0 Å². The van der Waals surface area contributed by atoms with Gasteiger partial charge in [-0.2, -0.15) is 0 Å². The van der Waals surface area contributed by atoms with Crippen LogP contribution in [0.25, 0.3) is 0 Å². The van der Waals surface area contributed by atoms with Crippen LogP contribution in [0, 0.1) is 5.92 Å². The van der Waals surface area contributed by atoms with Gasteiger partial charge >= 0.3 is 0 Å². The molecule has 3 heteroatoms. The molecule has 1 amide bonds. The number of nitrogens with one attached hydrogen (secondary N) is 1. The smallest absolute Gasteiger partial charge is 0.236 e. The Morgan fingerprint density at radius 1 is 1.06 bits per heavy atom. The summed E-state index contributed by atoms with van der Waals surface area (Å²) in [5, 5.41) is 3.36. The Morgan fingerprint density at radius 3 is 2.65 bits per heavy atom. The molecule has 0 unspecified atom stereocenters. The number of carbonyl (C=O) groups excluding carboxylic acids is 1. The van der Waals surface area contributed by atoms with Gasteiger partial charge in [0, 0.05) is 18.6 Å². The van der Waals surface area contributed by atoms with Crippen molar-refractivity contribution >= 4 is 5.91 Å². The first-order valence-electron chi connectivity index (χ1n) is 7.37. The van der Waals surface area contributed by atoms with Gasteiger partial charge in [-0.05, 0) is 44.4 Å². The summed E-state index contributed by atoms with van der Waals surface area (Å²) in [6.45, 7) is 1.58. The number of rotatable bonds is 3. The number of fused-ring (bicyclic) bond motifs is 1. The van der Waals surface area contributed by atoms with Crippen molar-refractivity contribution in [2.75, 3.05) is 13.1 Å². The molecular weight excluding hydrogens is 212 g/mol. The SMILES string of the molecule is O=C(CNC1CC1)N1CCC[C@H]2CCCC[C@H]21. The van der Waals surface area contributed by atoms with Crippen LogP contribution in [0.3, 0.4) is 0 Å². The van der Waals surface area contributed by atoms with Crippen molar-refractivity contribution in [2.45, 2.75) is 63.5 Å². The number of amides is 1. The van der Waals surface area contributed by atoms with Crippen LogP contribution in [0.15, 0.2) is 0 Å². The Kier molecular flexibility index (Phi) is 3.37. The normalized spacial score (nSPS) is 33.3. The summed E-state index contributed by atoms with van der Waals surface area (Å²) >= 11 is 0. The summed E-state index contributed by atoms with van der Waals surface area (Å²) in [6, 6.07) is 1.22. The van der Waals surface area contributed by atoms with Crippen LogP contribution >= 0.6 is 0 Å². The summed E-state index contributed by atoms with van der Waals surface area (Å²) < 4.78 is 0. The maximum atomic E-state index is 12.2. The third-order valence-corrected chi connectivity index (χ3v) is 4.68. The molecule has 3 rings (SSSR count). The molecule has 96 valence electrons. The Bertz CT molecular complexity index is 286. The van der Waals surface area contributed by atoms with Gasteiger partial charge in [0.15, 0.2) is 0 Å². The van der Waals surface area contributed by atoms with Gasteiger partial charge in [0.05, 0.1) is 6.54 Å². The van der Waals surface area contributed by atoms with E-state index in [2.05, 4.69) is 10.2 Å². The molecule has 2 saturated carbocycles. The average molecular weight is 236 g/mol. The zero-order valence-electron chi connectivity index (χ0n) is 10.7. The first kappa shape index (κ1) is 11.5. The van der Waals surface area contributed by atoms with Crippen LogP contribution < -0.4 is 5.32 Å². The molecule has 1 aliphatic heterocycles. The van der Waals surface area contributed by atoms with E-state index in [-0.39, 0.29) is 0 Å². The van der Waals surface area contributed by atoms with Crippen LogP contribution in [0.1, 0.15) is 51.4 Å². The van der Waals surface area contributed by atoms with Crippen LogP contribution in [0.2, 0.25) is 0 Å². The third-order valence-electron chi connectivity index (χ3n) is 4.68. The van der Waals surface area contributed by atoms with E-state index in [9.17, 15) is 4.79 Å². The van der Waals surface area contributed by atoms with Gasteiger partial charge in [-0.1, -0.05) is 12.8 Å². The van der Waals surface area contributed by atoms with Gasteiger partial charge in [0.1, 0.15) is 0 Å². The van der Waals surface area contributed by atoms with Crippen molar-refractivity contribution in [3.05, 3.63) is 0 Å². The molecule has 0 spiro atoms. The summed E-state index contributed by atoms with van der Waals surface area (Å²) in [4.78, 5) is 14.4. The monoisotopic (exact) mass is 236 g/mol. The highest BCUT2D eigenvalue weighted by molar-refractivity contribution is 5.78. The first-order valence-corrected chi connectivity index (χ1v) is 7.37. The lowest BCUT2D eigenvalue weighted by Crippen LogP contribution is -2.52. The lowest BCUT2D eigenvalue weighted by Gasteiger charge is -2.44. The molecule has 3 nitrogen and oxygen atoms in total. The fraction of sp³-hybridized carbons (Fsp3) is 0.929. The lowest BCUT2D eigenvalue weighted by molar-refractivity contribution is -0.136. The maximum Gasteiger partial charge on any atom is 0.236 e. The summed E-state index contributed by atoms with van der Waals surface area (Å²) in [5.74, 6) is 1.16. The summed E-state index contributed by atoms with van der Waals surface area (Å²) in [7, 11) is 0. The zero-order valence-corrected chi connectivity index (χ0v) is 10.7. The van der Waals surface area contributed by atoms with Gasteiger partial charge in [0.25, 0.3) is 0 Å². The van der Waals surface area contributed by atoms with E-state index >= 15 is 0 Å². The van der Waals surface area contributed by atoms with Gasteiger partial charge in [-0.15, -0.1) is 0 Å². The fourth-order valence-corrected chi connectivity index (χ4v) is 3.56. The number of nitrogens with zero attached hydrogens (tertiary/aromatic N) is 1. The predicted molar refractivity (Wildman–Crippen MR) is 67.7 cm³/mol. The topological polar surface area (TPSA) is 32.3 Å². The molecule has 2 atom stereocenters. The van der Waals surface area contributed by atoms with E-state index in [0.717, 1.165) is 12.5 Å². The Morgan fingerprint density at radius 2 is 1.82 bits per heavy atom. The Balaban J connectivity index is 1.57. The van der Waals surface area contributed by atoms with Crippen molar-refractivity contribution in [1.29, 1.82) is 0 Å². The van der Waals surface area contributed by atoms with Gasteiger partial charge in [-0.3, -0.25) is 4.79 Å². The van der Waals surface area contributed by atoms with Crippen LogP contribution in [-0.4, -0.2) is 36.0 Å². The van der Waals surface area contributed by atoms with Gasteiger partial charge < -0.3 is 10.2 Å². The van der Waals surface area contributed by atoms with Crippen molar-refractivity contribution in [1.82, 2.24) is 10.2 Å². The van der Waals surface area contributed by atoms with Crippen molar-refractivity contribution < 1.29 is 4.79 Å². The summed E-state index contributed by atoms with van der Waals surface area (Å²) in [5.41, 5.74) is 0. The van der Waals surface area contributed by atoms with E-state index in [1.807, 2.05) is 0 Å². The van der Waals surface area contributed by atoms with E-state index in [1.54, 1.807) is 0 Å². The zero-order chi connectivity index (χ0) is 11.7. The molecular formula is C14H24N2O. The second-order valence-electron chi connectivity index (χ2n) is 6.00. The van der Waals surface area contributed by atoms with Crippen molar-refractivity contribution in [2.24, 2.45) is 5.92 Å². The molecule has 0 aromatic heterocycles. The minimum absolute atomic E-state index is 0.355. The second-order valence-corrected chi connectivity index (χ2v) is 6.00. The maximum absolute atomic E-state index is 12.2. The minimum atomic E-state index is 0.355. The molecule has 2 aliphatic carbocycles. The van der Waals surface area contributed by atoms with Crippen LogP contribution in [0.4, 0.5) is 0 Å². The highest BCUT2D eigenvalue weighted by Gasteiger charge is 2.35. The lowest BCUT2D eigenvalue weighted by atomic mass is 9.78. The fourth-order valence-electron chi connectivity index (χ4n) is 3.56. The van der Waals surface area contributed by atoms with E-state index < -0.39 is 0 Å². The van der Waals surface area contributed by atoms with Crippen molar-refractivity contribution in [3.8, 4) is 0 Å². The molecule has 3 fully saturated rings. The average Bonchev–Trinajstić information content (AvgIpc) is 3.19. The van der Waals surface area contributed by atoms with E-state index in [0.29, 0.717) is 24.5 Å². The second kappa shape index (κ2) is 4.97. The molecule has 0 aromatic carbocycles. The number of carbonyl (C=O) groups is 1. The molecule has 1 N–H and O–H groups in total. The molecule has 0 aromatic rings. The number of hydrogen-bond donors (Lipinski definition) is 1. The Labute approximate surface area is 104 Å². The minimum Gasteiger partial charge on any atom is -0.338 e. The quantitative estimate of drug-likeness (QED) is 0.812. The van der Waals surface area contributed by atoms with E-state index in [4.69, 9.17) is 0 Å². The molecule has 0 bridgehead atoms. The highest BCUT2D eigenvalue weighted by atomic mass is 16.2. The molecule has 1 saturated heterocycles. The number of likely N-dealkylation sites (tertiary alicyclic amines) is 1. The molecule has 17 heavy (non-hydrogen) atoms. The molecule has 1 heterocycles. The number of piperidine rings is 1. The summed E-state index contributed by atoms with van der Waals surface area (Å²) in [6.07, 6.45) is 10.4. The third kappa shape index (κ3) is 2.65. The largest absolute Gasteiger partial charge is 0.338 e. The number of hydrogen-bond acceptors (Lipinski definition) is 2. The Hall–Kier alpha value is -0.570. The van der Waals surface area contributed by atoms with Gasteiger partial charge in [0.2, 0.25) is 5.91 Å². The van der Waals surface area contributed by atoms with E-state index in [1.165, 1.54) is 51.4 Å². The predicted octanol–water partition coefficient (Wildman–Crippen LogP) is 1.92. The standard InChI is InChI=1S/C14H24N2O/c17-14(10-15-12-7-8-12)16-9-3-5-11-4-1-2-6-13(11)16/h11-13,15H,1-10H2/t11-,13-/m1/s1. The molecule has 3 aliphatic rings. The van der Waals surface area contributed by atoms with Crippen LogP contribution in [0.5, 0.6) is 0 Å². The van der Waals surface area contributed by atoms with Gasteiger partial charge in [-0.25, -0.2) is 0 Å². The highest BCUT2D eigenvalue weighted by Crippen LogP contribution is 2.35. The first-order chi connectivity index (χ1) is 8.34.